The molecule has 286 valence electrons. The van der Waals surface area contributed by atoms with E-state index in [9.17, 15) is 0 Å². The molecule has 2 nitrogen and oxygen atoms in total. The molecule has 1 aliphatic rings. The second-order valence-corrected chi connectivity index (χ2v) is 21.7. The molecule has 0 radical (unpaired) electrons. The summed E-state index contributed by atoms with van der Waals surface area (Å²) in [6, 6.07) is 72.1. The van der Waals surface area contributed by atoms with Crippen LogP contribution in [-0.2, 0) is 15.1 Å². The van der Waals surface area contributed by atoms with Gasteiger partial charge in [0.1, 0.15) is 31.8 Å². The van der Waals surface area contributed by atoms with E-state index in [0.717, 1.165) is 12.8 Å². The van der Waals surface area contributed by atoms with E-state index in [4.69, 9.17) is 30.8 Å². The van der Waals surface area contributed by atoms with Gasteiger partial charge in [-0.05, 0) is 82.2 Å². The first kappa shape index (κ1) is 41.4. The summed E-state index contributed by atoms with van der Waals surface area (Å²) in [5.41, 5.74) is 17.3. The van der Waals surface area contributed by atoms with Gasteiger partial charge in [0.25, 0.3) is 0 Å². The first-order chi connectivity index (χ1) is 28.1. The average Bonchev–Trinajstić information content (AvgIpc) is 3.27. The molecule has 8 aromatic carbocycles. The van der Waals surface area contributed by atoms with Gasteiger partial charge in [0.15, 0.2) is 0 Å². The topological polar surface area (TPSA) is 47.6 Å². The molecule has 57 heavy (non-hydrogen) atoms. The van der Waals surface area contributed by atoms with E-state index in [2.05, 4.69) is 194 Å². The first-order valence-corrected chi connectivity index (χ1v) is 26.8. The van der Waals surface area contributed by atoms with Gasteiger partial charge in [-0.25, -0.2) is 0 Å². The SMILES string of the molecule is [Cl][Ru+2][Cl].[NH-][C@@H]1CCCC[C@H]1[NH-].c1ccc([PH+](c2ccccc2)c2ccc3ccccc3c2-c2c([PH+](c3ccccc3)c3ccccc3)ccc3ccccc23)cc1. The van der Waals surface area contributed by atoms with Crippen molar-refractivity contribution < 1.29 is 15.1 Å². The van der Waals surface area contributed by atoms with E-state index in [0.29, 0.717) is 0 Å². The Morgan fingerprint density at radius 3 is 0.965 bits per heavy atom. The number of hydrogen-bond acceptors (Lipinski definition) is 0. The minimum absolute atomic E-state index is 0.0799. The molecule has 2 atom stereocenters. The molecule has 0 amide bonds. The fraction of sp³-hybridized carbons (Fsp3) is 0.120. The van der Waals surface area contributed by atoms with E-state index in [-0.39, 0.29) is 27.2 Å². The molecule has 2 N–H and O–H groups in total. The molecule has 0 aliphatic heterocycles. The van der Waals surface area contributed by atoms with Crippen LogP contribution in [0.4, 0.5) is 0 Å². The maximum atomic E-state index is 7.29. The van der Waals surface area contributed by atoms with Crippen molar-refractivity contribution >= 4 is 88.6 Å². The summed E-state index contributed by atoms with van der Waals surface area (Å²) in [5, 5.41) is 13.6. The zero-order valence-corrected chi connectivity index (χ0v) is 36.8. The van der Waals surface area contributed by atoms with Gasteiger partial charge in [0, 0.05) is 11.1 Å². The molecular formula is C50H46Cl2N2P2Ru+2. The molecule has 7 heteroatoms. The monoisotopic (exact) mass is 908 g/mol. The van der Waals surface area contributed by atoms with Gasteiger partial charge in [-0.1, -0.05) is 159 Å². The summed E-state index contributed by atoms with van der Waals surface area (Å²) < 4.78 is 0. The Morgan fingerprint density at radius 1 is 0.386 bits per heavy atom. The van der Waals surface area contributed by atoms with Crippen LogP contribution < -0.4 is 31.8 Å². The Kier molecular flexibility index (Phi) is 15.1. The second kappa shape index (κ2) is 20.8. The van der Waals surface area contributed by atoms with Crippen molar-refractivity contribution in [2.24, 2.45) is 0 Å². The molecule has 0 saturated heterocycles. The molecule has 0 aromatic heterocycles. The number of rotatable bonds is 7. The van der Waals surface area contributed by atoms with Gasteiger partial charge in [-0.15, -0.1) is 0 Å². The normalized spacial score (nSPS) is 15.1. The number of hydrogen-bond donors (Lipinski definition) is 0. The molecule has 1 fully saturated rings. The molecule has 1 saturated carbocycles. The van der Waals surface area contributed by atoms with Crippen molar-refractivity contribution in [3.05, 3.63) is 206 Å². The van der Waals surface area contributed by atoms with Crippen LogP contribution >= 0.6 is 35.2 Å². The Labute approximate surface area is 355 Å². The maximum Gasteiger partial charge on any atom is 0.111 e. The smallest absolute Gasteiger partial charge is 0.111 e. The minimum Gasteiger partial charge on any atom is -0.676 e. The van der Waals surface area contributed by atoms with Crippen molar-refractivity contribution in [1.82, 2.24) is 0 Å². The van der Waals surface area contributed by atoms with E-state index >= 15 is 0 Å². The van der Waals surface area contributed by atoms with Crippen LogP contribution in [-0.4, -0.2) is 12.1 Å². The Bertz CT molecular complexity index is 2220. The van der Waals surface area contributed by atoms with Crippen LogP contribution in [0.1, 0.15) is 25.7 Å². The summed E-state index contributed by atoms with van der Waals surface area (Å²) >= 11 is -0.346. The van der Waals surface area contributed by atoms with Gasteiger partial charge in [0.05, 0.1) is 15.8 Å². The molecule has 1 aliphatic carbocycles. The largest absolute Gasteiger partial charge is 0.676 e. The maximum absolute atomic E-state index is 7.29. The van der Waals surface area contributed by atoms with E-state index in [1.807, 2.05) is 0 Å². The molecule has 0 spiro atoms. The van der Waals surface area contributed by atoms with E-state index in [1.165, 1.54) is 77.3 Å². The molecule has 0 heterocycles. The van der Waals surface area contributed by atoms with Crippen LogP contribution in [0.5, 0.6) is 0 Å². The Hall–Kier alpha value is -3.74. The number of nitrogens with one attached hydrogen (secondary N) is 2. The van der Waals surface area contributed by atoms with E-state index < -0.39 is 15.8 Å². The third kappa shape index (κ3) is 9.94. The van der Waals surface area contributed by atoms with Crippen molar-refractivity contribution in [2.45, 2.75) is 37.8 Å². The van der Waals surface area contributed by atoms with Crippen LogP contribution in [0.25, 0.3) is 44.1 Å². The quantitative estimate of drug-likeness (QED) is 0.113. The summed E-state index contributed by atoms with van der Waals surface area (Å²) in [6.07, 6.45) is 4.25. The number of benzene rings is 8. The standard InChI is InChI=1S/C44H32P2.C6H12N2.2ClH.Ru/c1-5-19-35(20-6-1)45(36-21-7-2-8-22-36)41-31-29-33-17-13-15-27-39(33)43(41)44-40-28-16-14-18-34(40)30-32-42(44)46(37-23-9-3-10-24-37)38-25-11-4-12-26-38;7-5-3-1-2-4-6(5)8;;;/h1-32H;5-8H,1-4H2;2*1H;/q;-2;;;+4/t;5-,6-;;;/m.1.../s1. The van der Waals surface area contributed by atoms with Gasteiger partial charge < -0.3 is 11.5 Å². The fourth-order valence-corrected chi connectivity index (χ4v) is 13.5. The van der Waals surface area contributed by atoms with Gasteiger partial charge in [0.2, 0.25) is 0 Å². The predicted octanol–water partition coefficient (Wildman–Crippen LogP) is 12.4. The zero-order valence-electron chi connectivity index (χ0n) is 31.6. The Balaban J connectivity index is 0.000000395. The third-order valence-electron chi connectivity index (χ3n) is 10.7. The minimum atomic E-state index is -1.37. The van der Waals surface area contributed by atoms with Crippen LogP contribution in [0, 0.1) is 0 Å². The van der Waals surface area contributed by atoms with E-state index in [1.54, 1.807) is 0 Å². The second-order valence-electron chi connectivity index (χ2n) is 14.2. The fourth-order valence-electron chi connectivity index (χ4n) is 8.00. The van der Waals surface area contributed by atoms with Gasteiger partial charge in [-0.2, -0.15) is 12.1 Å². The molecular weight excluding hydrogens is 862 g/mol. The van der Waals surface area contributed by atoms with Gasteiger partial charge >= 0.3 is 34.5 Å². The number of halogens is 2. The zero-order chi connectivity index (χ0) is 39.4. The molecule has 0 bridgehead atoms. The van der Waals surface area contributed by atoms with Crippen molar-refractivity contribution in [3.8, 4) is 11.1 Å². The van der Waals surface area contributed by atoms with Crippen molar-refractivity contribution in [2.75, 3.05) is 0 Å². The van der Waals surface area contributed by atoms with Crippen molar-refractivity contribution in [1.29, 1.82) is 0 Å². The predicted molar refractivity (Wildman–Crippen MR) is 253 cm³/mol. The summed E-state index contributed by atoms with van der Waals surface area (Å²) in [7, 11) is 6.97. The van der Waals surface area contributed by atoms with Gasteiger partial charge in [-0.3, -0.25) is 0 Å². The van der Waals surface area contributed by atoms with Crippen LogP contribution in [0.3, 0.4) is 0 Å². The first-order valence-electron chi connectivity index (χ1n) is 19.4. The summed E-state index contributed by atoms with van der Waals surface area (Å²) in [5.74, 6) is 0. The summed E-state index contributed by atoms with van der Waals surface area (Å²) in [4.78, 5) is 0. The van der Waals surface area contributed by atoms with Crippen molar-refractivity contribution in [3.63, 3.8) is 0 Å². The Morgan fingerprint density at radius 2 is 0.667 bits per heavy atom. The average molecular weight is 909 g/mol. The third-order valence-corrected chi connectivity index (χ3v) is 16.2. The molecule has 0 unspecified atom stereocenters. The molecule has 8 aromatic rings. The summed E-state index contributed by atoms with van der Waals surface area (Å²) in [6.45, 7) is 0. The van der Waals surface area contributed by atoms with Crippen LogP contribution in [0.2, 0.25) is 0 Å². The molecule has 9 rings (SSSR count). The van der Waals surface area contributed by atoms with Crippen LogP contribution in [0.15, 0.2) is 194 Å². The number of fused-ring (bicyclic) bond motifs is 2.